The molecule has 0 aromatic heterocycles. The SMILES string of the molecule is CC(C)(C=O)CCc1ccc(Sc2cccc(OCc3ccccc3)c2)cc1Cl. The molecule has 0 saturated heterocycles. The van der Waals surface area contributed by atoms with Crippen LogP contribution < -0.4 is 4.74 Å². The molecule has 0 saturated carbocycles. The monoisotopic (exact) mass is 424 g/mol. The van der Waals surface area contributed by atoms with Crippen LogP contribution in [0.5, 0.6) is 5.75 Å². The molecule has 0 aliphatic carbocycles. The van der Waals surface area contributed by atoms with Crippen LogP contribution in [-0.4, -0.2) is 6.29 Å². The average molecular weight is 425 g/mol. The topological polar surface area (TPSA) is 26.3 Å². The molecule has 0 heterocycles. The lowest BCUT2D eigenvalue weighted by Gasteiger charge is -2.17. The Kier molecular flexibility index (Phi) is 7.40. The van der Waals surface area contributed by atoms with Crippen molar-refractivity contribution in [3.05, 3.63) is 88.9 Å². The quantitative estimate of drug-likeness (QED) is 0.339. The molecule has 0 aliphatic heterocycles. The number of halogens is 1. The summed E-state index contributed by atoms with van der Waals surface area (Å²) in [4.78, 5) is 13.3. The van der Waals surface area contributed by atoms with Gasteiger partial charge in [-0.05, 0) is 54.3 Å². The highest BCUT2D eigenvalue weighted by atomic mass is 35.5. The van der Waals surface area contributed by atoms with Crippen LogP contribution in [0.4, 0.5) is 0 Å². The van der Waals surface area contributed by atoms with Crippen molar-refractivity contribution < 1.29 is 9.53 Å². The average Bonchev–Trinajstić information content (AvgIpc) is 2.73. The second kappa shape index (κ2) is 10.00. The first-order valence-corrected chi connectivity index (χ1v) is 10.8. The molecule has 0 unspecified atom stereocenters. The second-order valence-corrected chi connectivity index (χ2v) is 9.26. The standard InChI is InChI=1S/C25H25ClO2S/c1-25(2,18-27)14-13-20-11-12-23(16-24(20)26)29-22-10-6-9-21(15-22)28-17-19-7-4-3-5-8-19/h3-12,15-16,18H,13-14,17H2,1-2H3. The van der Waals surface area contributed by atoms with E-state index in [4.69, 9.17) is 16.3 Å². The predicted octanol–water partition coefficient (Wildman–Crippen LogP) is 7.23. The Hall–Kier alpha value is -2.23. The van der Waals surface area contributed by atoms with E-state index in [9.17, 15) is 4.79 Å². The minimum Gasteiger partial charge on any atom is -0.489 e. The van der Waals surface area contributed by atoms with Crippen molar-refractivity contribution in [3.63, 3.8) is 0 Å². The number of aldehydes is 1. The molecule has 0 spiro atoms. The van der Waals surface area contributed by atoms with Gasteiger partial charge < -0.3 is 9.53 Å². The number of benzene rings is 3. The first-order valence-electron chi connectivity index (χ1n) is 9.65. The van der Waals surface area contributed by atoms with Crippen molar-refractivity contribution in [1.82, 2.24) is 0 Å². The van der Waals surface area contributed by atoms with Gasteiger partial charge in [-0.1, -0.05) is 79.7 Å². The molecule has 29 heavy (non-hydrogen) atoms. The van der Waals surface area contributed by atoms with Gasteiger partial charge in [-0.25, -0.2) is 0 Å². The van der Waals surface area contributed by atoms with Crippen molar-refractivity contribution in [2.45, 2.75) is 43.1 Å². The molecule has 0 N–H and O–H groups in total. The van der Waals surface area contributed by atoms with E-state index < -0.39 is 0 Å². The molecule has 0 radical (unpaired) electrons. The summed E-state index contributed by atoms with van der Waals surface area (Å²) in [5, 5.41) is 0.744. The number of ether oxygens (including phenoxy) is 1. The van der Waals surface area contributed by atoms with Crippen molar-refractivity contribution in [3.8, 4) is 5.75 Å². The number of hydrogen-bond acceptors (Lipinski definition) is 3. The zero-order chi connectivity index (χ0) is 20.7. The highest BCUT2D eigenvalue weighted by Gasteiger charge is 2.17. The van der Waals surface area contributed by atoms with Crippen LogP contribution in [0.1, 0.15) is 31.4 Å². The Morgan fingerprint density at radius 1 is 0.966 bits per heavy atom. The number of hydrogen-bond donors (Lipinski definition) is 0. The summed E-state index contributed by atoms with van der Waals surface area (Å²) < 4.78 is 5.92. The Morgan fingerprint density at radius 2 is 1.72 bits per heavy atom. The van der Waals surface area contributed by atoms with Gasteiger partial charge in [0.25, 0.3) is 0 Å². The van der Waals surface area contributed by atoms with Crippen LogP contribution in [0.2, 0.25) is 5.02 Å². The molecule has 3 aromatic rings. The Bertz CT molecular complexity index is 954. The van der Waals surface area contributed by atoms with Gasteiger partial charge in [-0.2, -0.15) is 0 Å². The zero-order valence-corrected chi connectivity index (χ0v) is 18.3. The van der Waals surface area contributed by atoms with E-state index in [0.29, 0.717) is 6.61 Å². The van der Waals surface area contributed by atoms with Crippen LogP contribution in [0.15, 0.2) is 82.6 Å². The van der Waals surface area contributed by atoms with E-state index in [2.05, 4.69) is 30.3 Å². The predicted molar refractivity (Wildman–Crippen MR) is 121 cm³/mol. The number of rotatable bonds is 9. The van der Waals surface area contributed by atoms with Crippen LogP contribution in [0.3, 0.4) is 0 Å². The molecule has 0 aliphatic rings. The lowest BCUT2D eigenvalue weighted by Crippen LogP contribution is -2.13. The third-order valence-electron chi connectivity index (χ3n) is 4.67. The van der Waals surface area contributed by atoms with E-state index in [1.807, 2.05) is 56.3 Å². The third kappa shape index (κ3) is 6.66. The second-order valence-electron chi connectivity index (χ2n) is 7.71. The molecule has 2 nitrogen and oxygen atoms in total. The summed E-state index contributed by atoms with van der Waals surface area (Å²) >= 11 is 8.14. The Morgan fingerprint density at radius 3 is 2.45 bits per heavy atom. The third-order valence-corrected chi connectivity index (χ3v) is 6.00. The van der Waals surface area contributed by atoms with Crippen LogP contribution >= 0.6 is 23.4 Å². The maximum absolute atomic E-state index is 11.1. The highest BCUT2D eigenvalue weighted by Crippen LogP contribution is 2.33. The van der Waals surface area contributed by atoms with E-state index in [-0.39, 0.29) is 5.41 Å². The number of carbonyl (C=O) groups excluding carboxylic acids is 1. The first-order chi connectivity index (χ1) is 13.9. The molecule has 150 valence electrons. The van der Waals surface area contributed by atoms with Crippen molar-refractivity contribution >= 4 is 29.6 Å². The zero-order valence-electron chi connectivity index (χ0n) is 16.7. The van der Waals surface area contributed by atoms with E-state index in [1.165, 1.54) is 0 Å². The van der Waals surface area contributed by atoms with E-state index >= 15 is 0 Å². The number of carbonyl (C=O) groups is 1. The van der Waals surface area contributed by atoms with Gasteiger partial charge in [0.05, 0.1) is 0 Å². The largest absolute Gasteiger partial charge is 0.489 e. The van der Waals surface area contributed by atoms with Crippen LogP contribution in [0.25, 0.3) is 0 Å². The molecule has 0 atom stereocenters. The number of aryl methyl sites for hydroxylation is 1. The van der Waals surface area contributed by atoms with Gasteiger partial charge in [0.1, 0.15) is 18.6 Å². The van der Waals surface area contributed by atoms with Gasteiger partial charge in [0, 0.05) is 20.2 Å². The van der Waals surface area contributed by atoms with Gasteiger partial charge in [-0.3, -0.25) is 0 Å². The normalized spacial score (nSPS) is 11.3. The summed E-state index contributed by atoms with van der Waals surface area (Å²) in [6.45, 7) is 4.45. The lowest BCUT2D eigenvalue weighted by molar-refractivity contribution is -0.114. The summed E-state index contributed by atoms with van der Waals surface area (Å²) in [5.41, 5.74) is 1.90. The maximum Gasteiger partial charge on any atom is 0.125 e. The maximum atomic E-state index is 11.1. The molecule has 0 fully saturated rings. The molecular weight excluding hydrogens is 400 g/mol. The van der Waals surface area contributed by atoms with Gasteiger partial charge in [0.15, 0.2) is 0 Å². The minimum atomic E-state index is -0.322. The van der Waals surface area contributed by atoms with Crippen molar-refractivity contribution in [2.75, 3.05) is 0 Å². The van der Waals surface area contributed by atoms with Crippen molar-refractivity contribution in [1.29, 1.82) is 0 Å². The fourth-order valence-electron chi connectivity index (χ4n) is 2.81. The molecule has 0 amide bonds. The summed E-state index contributed by atoms with van der Waals surface area (Å²) in [6.07, 6.45) is 2.58. The molecule has 3 rings (SSSR count). The molecular formula is C25H25ClO2S. The fourth-order valence-corrected chi connectivity index (χ4v) is 4.06. The lowest BCUT2D eigenvalue weighted by atomic mass is 9.88. The van der Waals surface area contributed by atoms with Gasteiger partial charge in [0.2, 0.25) is 0 Å². The van der Waals surface area contributed by atoms with E-state index in [0.717, 1.165) is 50.8 Å². The van der Waals surface area contributed by atoms with Gasteiger partial charge in [-0.15, -0.1) is 0 Å². The summed E-state index contributed by atoms with van der Waals surface area (Å²) in [7, 11) is 0. The Balaban J connectivity index is 1.62. The summed E-state index contributed by atoms with van der Waals surface area (Å²) in [5.74, 6) is 0.845. The summed E-state index contributed by atoms with van der Waals surface area (Å²) in [6, 6.07) is 24.3. The Labute approximate surface area is 182 Å². The van der Waals surface area contributed by atoms with Crippen molar-refractivity contribution in [2.24, 2.45) is 5.41 Å². The van der Waals surface area contributed by atoms with Crippen LogP contribution in [-0.2, 0) is 17.8 Å². The van der Waals surface area contributed by atoms with Gasteiger partial charge >= 0.3 is 0 Å². The molecule has 3 aromatic carbocycles. The molecule has 4 heteroatoms. The van der Waals surface area contributed by atoms with Crippen LogP contribution in [0, 0.1) is 5.41 Å². The first kappa shape index (κ1) is 21.5. The van der Waals surface area contributed by atoms with E-state index in [1.54, 1.807) is 11.8 Å². The fraction of sp³-hybridized carbons (Fsp3) is 0.240. The smallest absolute Gasteiger partial charge is 0.125 e. The molecule has 0 bridgehead atoms. The highest BCUT2D eigenvalue weighted by molar-refractivity contribution is 7.99. The minimum absolute atomic E-state index is 0.322.